The molecule has 3 aromatic carbocycles. The Labute approximate surface area is 413 Å². The third-order valence-corrected chi connectivity index (χ3v) is 11.7. The number of nitrogens with two attached hydrogens (primary N) is 3. The van der Waals surface area contributed by atoms with Crippen LogP contribution in [0.5, 0.6) is 5.75 Å². The zero-order valence-corrected chi connectivity index (χ0v) is 41.1. The van der Waals surface area contributed by atoms with Gasteiger partial charge < -0.3 is 58.3 Å². The molecule has 1 aliphatic heterocycles. The summed E-state index contributed by atoms with van der Waals surface area (Å²) in [5.41, 5.74) is 17.6. The largest absolute Gasteiger partial charge is 0.508 e. The van der Waals surface area contributed by atoms with E-state index < -0.39 is 108 Å². The number of fused-ring (bicyclic) bond motifs is 1. The van der Waals surface area contributed by atoms with Crippen LogP contribution in [0.3, 0.4) is 0 Å². The molecule has 0 aromatic heterocycles. The summed E-state index contributed by atoms with van der Waals surface area (Å²) in [6, 6.07) is 10.1. The van der Waals surface area contributed by atoms with Crippen LogP contribution in [-0.4, -0.2) is 141 Å². The minimum absolute atomic E-state index is 0.00149. The zero-order valence-electron chi connectivity index (χ0n) is 41.1. The molecule has 0 unspecified atom stereocenters. The van der Waals surface area contributed by atoms with E-state index in [1.54, 1.807) is 51.1 Å². The van der Waals surface area contributed by atoms with E-state index in [4.69, 9.17) is 27.3 Å². The number of aromatic hydroxyl groups is 1. The van der Waals surface area contributed by atoms with E-state index in [9.17, 15) is 48.6 Å². The molecule has 0 bridgehead atoms. The topological polar surface area (TPSA) is 343 Å². The highest BCUT2D eigenvalue weighted by molar-refractivity contribution is 6.18. The van der Waals surface area contributed by atoms with Crippen LogP contribution in [0.1, 0.15) is 84.3 Å². The summed E-state index contributed by atoms with van der Waals surface area (Å²) in [5.74, 6) is -7.76. The van der Waals surface area contributed by atoms with Crippen LogP contribution in [-0.2, 0) is 55.9 Å². The Morgan fingerprint density at radius 1 is 0.845 bits per heavy atom. The van der Waals surface area contributed by atoms with Crippen LogP contribution in [0, 0.1) is 11.3 Å². The van der Waals surface area contributed by atoms with Crippen LogP contribution in [0.15, 0.2) is 66.7 Å². The first-order chi connectivity index (χ1) is 33.5. The van der Waals surface area contributed by atoms with Gasteiger partial charge in [0.2, 0.25) is 35.4 Å². The number of ketones is 1. The van der Waals surface area contributed by atoms with E-state index in [0.717, 1.165) is 5.39 Å². The average molecular weight is 987 g/mol. The number of phenolic OH excluding ortho intramolecular Hbond substituents is 1. The van der Waals surface area contributed by atoms with Crippen molar-refractivity contribution in [2.45, 2.75) is 128 Å². The second-order valence-electron chi connectivity index (χ2n) is 19.1. The number of aliphatic hydroxyl groups excluding tert-OH is 1. The predicted octanol–water partition coefficient (Wildman–Crippen LogP) is 0.388. The van der Waals surface area contributed by atoms with Gasteiger partial charge in [0.15, 0.2) is 11.7 Å². The number of hydrogen-bond donors (Lipinski definition) is 10. The molecule has 0 saturated carbocycles. The molecule has 7 amide bonds. The highest BCUT2D eigenvalue weighted by atomic mass is 16.5. The molecule has 4 rings (SSSR count). The van der Waals surface area contributed by atoms with Crippen molar-refractivity contribution in [1.29, 1.82) is 5.41 Å². The fourth-order valence-electron chi connectivity index (χ4n) is 8.03. The molecule has 1 fully saturated rings. The summed E-state index contributed by atoms with van der Waals surface area (Å²) < 4.78 is 5.66. The minimum Gasteiger partial charge on any atom is -0.508 e. The van der Waals surface area contributed by atoms with Crippen LogP contribution < -0.4 is 38.5 Å². The van der Waals surface area contributed by atoms with Crippen molar-refractivity contribution < 1.29 is 53.3 Å². The molecule has 0 radical (unpaired) electrons. The van der Waals surface area contributed by atoms with Crippen molar-refractivity contribution in [3.8, 4) is 5.75 Å². The summed E-state index contributed by atoms with van der Waals surface area (Å²) in [5, 5.41) is 39.0. The lowest BCUT2D eigenvalue weighted by Gasteiger charge is -2.31. The maximum atomic E-state index is 14.7. The van der Waals surface area contributed by atoms with Gasteiger partial charge in [0.25, 0.3) is 5.91 Å². The Kier molecular flexibility index (Phi) is 21.1. The van der Waals surface area contributed by atoms with Gasteiger partial charge in [-0.1, -0.05) is 68.4 Å². The molecule has 21 heteroatoms. The number of hydrogen-bond acceptors (Lipinski definition) is 14. The number of likely N-dealkylation sites (tertiary alicyclic amines) is 1. The minimum atomic E-state index is -1.64. The normalized spacial score (nSPS) is 15.7. The first-order valence-electron chi connectivity index (χ1n) is 23.7. The molecule has 3 aromatic rings. The first kappa shape index (κ1) is 56.8. The van der Waals surface area contributed by atoms with E-state index >= 15 is 0 Å². The van der Waals surface area contributed by atoms with Crippen molar-refractivity contribution >= 4 is 63.9 Å². The number of nitrogens with zero attached hydrogens (tertiary/aromatic N) is 2. The number of amides is 7. The van der Waals surface area contributed by atoms with Crippen molar-refractivity contribution in [3.63, 3.8) is 0 Å². The van der Waals surface area contributed by atoms with E-state index in [-0.39, 0.29) is 69.4 Å². The quantitative estimate of drug-likeness (QED) is 0.0251. The van der Waals surface area contributed by atoms with Gasteiger partial charge in [0.1, 0.15) is 36.0 Å². The maximum absolute atomic E-state index is 14.7. The molecule has 71 heavy (non-hydrogen) atoms. The molecule has 6 atom stereocenters. The van der Waals surface area contributed by atoms with Gasteiger partial charge in [0, 0.05) is 19.5 Å². The van der Waals surface area contributed by atoms with E-state index in [2.05, 4.69) is 21.3 Å². The molecule has 1 heterocycles. The number of phenols is 1. The number of benzene rings is 3. The zero-order chi connectivity index (χ0) is 52.6. The molecule has 1 saturated heterocycles. The number of ether oxygens (including phenoxy) is 1. The Morgan fingerprint density at radius 2 is 1.48 bits per heavy atom. The smallest absolute Gasteiger partial charge is 0.258 e. The molecule has 1 aliphatic rings. The predicted molar refractivity (Wildman–Crippen MR) is 264 cm³/mol. The van der Waals surface area contributed by atoms with Crippen LogP contribution in [0.25, 0.3) is 10.8 Å². The molecule has 21 nitrogen and oxygen atoms in total. The number of rotatable bonds is 24. The highest BCUT2D eigenvalue weighted by Gasteiger charge is 2.42. The van der Waals surface area contributed by atoms with Crippen LogP contribution in [0.2, 0.25) is 0 Å². The summed E-state index contributed by atoms with van der Waals surface area (Å²) in [4.78, 5) is 114. The number of carbonyl (C=O) groups is 8. The third kappa shape index (κ3) is 17.2. The number of nitrogens with one attached hydrogen (secondary N) is 5. The fraction of sp³-hybridized carbons (Fsp3) is 0.500. The maximum Gasteiger partial charge on any atom is 0.258 e. The molecule has 386 valence electrons. The second-order valence-corrected chi connectivity index (χ2v) is 19.1. The molecule has 0 aliphatic carbocycles. The number of carbonyl (C=O) groups excluding carboxylic acids is 8. The number of guanidine groups is 1. The molecule has 0 spiro atoms. The van der Waals surface area contributed by atoms with E-state index in [1.807, 2.05) is 26.0 Å². The second kappa shape index (κ2) is 26.4. The highest BCUT2D eigenvalue weighted by Crippen LogP contribution is 2.24. The Hall–Kier alpha value is -6.81. The Morgan fingerprint density at radius 3 is 2.13 bits per heavy atom. The van der Waals surface area contributed by atoms with E-state index in [1.165, 1.54) is 29.2 Å². The lowest BCUT2D eigenvalue weighted by atomic mass is 9.99. The Bertz CT molecular complexity index is 2380. The number of aliphatic hydroxyl groups is 1. The lowest BCUT2D eigenvalue weighted by Crippen LogP contribution is -2.58. The van der Waals surface area contributed by atoms with Crippen molar-refractivity contribution in [3.05, 3.63) is 77.9 Å². The third-order valence-electron chi connectivity index (χ3n) is 11.7. The van der Waals surface area contributed by atoms with Crippen LogP contribution in [0.4, 0.5) is 0 Å². The summed E-state index contributed by atoms with van der Waals surface area (Å²) in [6.07, 6.45) is -1.00. The molecular weight excluding hydrogens is 917 g/mol. The molecule has 13 N–H and O–H groups in total. The Balaban J connectivity index is 1.65. The van der Waals surface area contributed by atoms with Crippen molar-refractivity contribution in [2.24, 2.45) is 23.1 Å². The van der Waals surface area contributed by atoms with Crippen molar-refractivity contribution in [1.82, 2.24) is 31.1 Å². The number of Topliss-reactive ketones (excluding diaryl/α,β-unsaturated/α-hetero) is 1. The first-order valence-corrected chi connectivity index (χ1v) is 23.7. The van der Waals surface area contributed by atoms with Gasteiger partial charge in [-0.3, -0.25) is 43.8 Å². The van der Waals surface area contributed by atoms with E-state index in [0.29, 0.717) is 27.8 Å². The number of imide groups is 3. The molecular formula is C50H70N10O11. The van der Waals surface area contributed by atoms with Gasteiger partial charge in [0.05, 0.1) is 37.7 Å². The van der Waals surface area contributed by atoms with Gasteiger partial charge >= 0.3 is 0 Å². The summed E-state index contributed by atoms with van der Waals surface area (Å²) in [6.45, 7) is 8.38. The van der Waals surface area contributed by atoms with Gasteiger partial charge in [-0.05, 0) is 92.8 Å². The SMILES string of the molecule is CC(C)C[C@H](NC(=O)[C@H](N)COC(C)(C)C)C(=O)N[C@@H](CCCNC(=N)N)C(=O)N1CCC[C@H]1C(=O)CC(=O)N(C(=O)Cc1cccc2ccccc12)C(=O)[C@H](Cc1ccc(O)cc1)NC(=O)[C@@H](N)CO. The average Bonchev–Trinajstić information content (AvgIpc) is 3.81. The summed E-state index contributed by atoms with van der Waals surface area (Å²) in [7, 11) is 0. The monoisotopic (exact) mass is 987 g/mol. The lowest BCUT2D eigenvalue weighted by molar-refractivity contribution is -0.156. The van der Waals surface area contributed by atoms with Gasteiger partial charge in [-0.2, -0.15) is 0 Å². The van der Waals surface area contributed by atoms with Gasteiger partial charge in [-0.15, -0.1) is 0 Å². The summed E-state index contributed by atoms with van der Waals surface area (Å²) >= 11 is 0. The van der Waals surface area contributed by atoms with Gasteiger partial charge in [-0.25, -0.2) is 4.90 Å². The standard InChI is InChI=1S/C50H70N10O11/c1-29(2)23-38(57-45(67)36(52)28-71-50(3,4)5)46(68)56-37(15-9-21-55-49(53)54)47(69)59-22-10-16-40(59)41(63)26-43(65)60(42(64)25-32-13-8-12-31-11-6-7-14-34(31)32)48(70)39(58-44(66)35(51)27-61)24-30-17-19-33(62)20-18-30/h6-8,11-14,17-20,29,35-40,61-62H,9-10,15-16,21-28,51-52H2,1-5H3,(H,56,68)(H,57,67)(H,58,66)(H4,53,54,55)/t35-,36+,37-,38-,39-,40-/m0/s1. The van der Waals surface area contributed by atoms with Crippen molar-refractivity contribution in [2.75, 3.05) is 26.3 Å². The van der Waals surface area contributed by atoms with Crippen LogP contribution >= 0.6 is 0 Å². The fourth-order valence-corrected chi connectivity index (χ4v) is 8.03.